The smallest absolute Gasteiger partial charge is 0.0911 e. The van der Waals surface area contributed by atoms with Gasteiger partial charge >= 0.3 is 0 Å². The lowest BCUT2D eigenvalue weighted by Crippen LogP contribution is -2.25. The van der Waals surface area contributed by atoms with E-state index in [1.54, 1.807) is 6.08 Å². The average Bonchev–Trinajstić information content (AvgIpc) is 2.17. The molecule has 0 amide bonds. The van der Waals surface area contributed by atoms with Crippen LogP contribution in [0.3, 0.4) is 0 Å². The molecule has 2 heteroatoms. The lowest BCUT2D eigenvalue weighted by atomic mass is 9.85. The maximum Gasteiger partial charge on any atom is 0.0911 e. The van der Waals surface area contributed by atoms with Crippen molar-refractivity contribution in [3.8, 4) is 0 Å². The topological polar surface area (TPSA) is 40.5 Å². The Balaban J connectivity index is 2.92. The first-order valence-corrected chi connectivity index (χ1v) is 5.83. The summed E-state index contributed by atoms with van der Waals surface area (Å²) in [7, 11) is 0. The Labute approximate surface area is 98.0 Å². The van der Waals surface area contributed by atoms with E-state index in [2.05, 4.69) is 19.1 Å². The minimum absolute atomic E-state index is 0.278. The van der Waals surface area contributed by atoms with Crippen LogP contribution in [-0.4, -0.2) is 16.3 Å². The lowest BCUT2D eigenvalue weighted by molar-refractivity contribution is 0.121. The fraction of sp³-hybridized carbons (Fsp3) is 0.571. The summed E-state index contributed by atoms with van der Waals surface area (Å²) in [5, 5.41) is 19.6. The molecule has 16 heavy (non-hydrogen) atoms. The largest absolute Gasteiger partial charge is 0.513 e. The van der Waals surface area contributed by atoms with E-state index < -0.39 is 6.10 Å². The van der Waals surface area contributed by atoms with Crippen molar-refractivity contribution in [3.63, 3.8) is 0 Å². The second kappa shape index (κ2) is 5.35. The molecule has 90 valence electrons. The monoisotopic (exact) mass is 222 g/mol. The molecule has 0 saturated carbocycles. The van der Waals surface area contributed by atoms with E-state index in [4.69, 9.17) is 0 Å². The first-order valence-electron chi connectivity index (χ1n) is 5.83. The molecule has 0 aromatic carbocycles. The zero-order valence-corrected chi connectivity index (χ0v) is 10.4. The van der Waals surface area contributed by atoms with E-state index in [-0.39, 0.29) is 11.2 Å². The van der Waals surface area contributed by atoms with E-state index in [0.29, 0.717) is 6.42 Å². The quantitative estimate of drug-likeness (QED) is 0.616. The summed E-state index contributed by atoms with van der Waals surface area (Å²) in [4.78, 5) is 0. The number of hydrogen-bond acceptors (Lipinski definition) is 2. The summed E-state index contributed by atoms with van der Waals surface area (Å²) in [6.07, 6.45) is 9.51. The van der Waals surface area contributed by atoms with Gasteiger partial charge in [0.05, 0.1) is 11.9 Å². The van der Waals surface area contributed by atoms with Crippen LogP contribution in [0.4, 0.5) is 0 Å². The van der Waals surface area contributed by atoms with E-state index in [1.807, 2.05) is 19.9 Å². The van der Waals surface area contributed by atoms with Crippen molar-refractivity contribution in [1.29, 1.82) is 0 Å². The van der Waals surface area contributed by atoms with Crippen molar-refractivity contribution in [1.82, 2.24) is 0 Å². The summed E-state index contributed by atoms with van der Waals surface area (Å²) in [5.74, 6) is 0.278. The minimum atomic E-state index is -0.637. The molecule has 0 heterocycles. The Morgan fingerprint density at radius 1 is 1.38 bits per heavy atom. The van der Waals surface area contributed by atoms with Crippen LogP contribution in [-0.2, 0) is 0 Å². The van der Waals surface area contributed by atoms with Gasteiger partial charge < -0.3 is 10.2 Å². The molecule has 2 N–H and O–H groups in total. The Morgan fingerprint density at radius 3 is 2.75 bits per heavy atom. The van der Waals surface area contributed by atoms with Crippen molar-refractivity contribution in [2.75, 3.05) is 0 Å². The Morgan fingerprint density at radius 2 is 2.06 bits per heavy atom. The van der Waals surface area contributed by atoms with Gasteiger partial charge in [-0.05, 0) is 25.8 Å². The van der Waals surface area contributed by atoms with Crippen LogP contribution in [0.1, 0.15) is 40.0 Å². The van der Waals surface area contributed by atoms with E-state index >= 15 is 0 Å². The molecule has 1 aliphatic carbocycles. The first-order chi connectivity index (χ1) is 7.42. The molecule has 0 saturated heterocycles. The van der Waals surface area contributed by atoms with Crippen LogP contribution in [0.25, 0.3) is 0 Å². The molecule has 0 aliphatic heterocycles. The van der Waals surface area contributed by atoms with Gasteiger partial charge in [0.1, 0.15) is 0 Å². The second-order valence-electron chi connectivity index (χ2n) is 5.12. The number of aliphatic hydroxyl groups is 2. The van der Waals surface area contributed by atoms with Gasteiger partial charge in [0, 0.05) is 11.8 Å². The summed E-state index contributed by atoms with van der Waals surface area (Å²) < 4.78 is 0. The zero-order valence-electron chi connectivity index (χ0n) is 10.4. The van der Waals surface area contributed by atoms with Crippen molar-refractivity contribution < 1.29 is 10.2 Å². The third kappa shape index (κ3) is 3.86. The van der Waals surface area contributed by atoms with Crippen LogP contribution in [0.2, 0.25) is 0 Å². The predicted octanol–water partition coefficient (Wildman–Crippen LogP) is 3.50. The number of allylic oxidation sites excluding steroid dienone is 4. The minimum Gasteiger partial charge on any atom is -0.513 e. The maximum atomic E-state index is 9.98. The number of hydrogen-bond donors (Lipinski definition) is 2. The van der Waals surface area contributed by atoms with E-state index in [9.17, 15) is 10.2 Å². The summed E-state index contributed by atoms with van der Waals surface area (Å²) in [5.41, 5.74) is 0.967. The highest BCUT2D eigenvalue weighted by molar-refractivity contribution is 5.13. The molecule has 2 nitrogen and oxygen atoms in total. The van der Waals surface area contributed by atoms with Crippen molar-refractivity contribution >= 4 is 0 Å². The molecular formula is C14H22O2. The third-order valence-corrected chi connectivity index (χ3v) is 2.99. The van der Waals surface area contributed by atoms with E-state index in [0.717, 1.165) is 12.8 Å². The Bertz CT molecular complexity index is 322. The lowest BCUT2D eigenvalue weighted by Gasteiger charge is -2.25. The molecule has 1 aliphatic rings. The molecule has 0 fully saturated rings. The maximum absolute atomic E-state index is 9.98. The predicted molar refractivity (Wildman–Crippen MR) is 67.2 cm³/mol. The van der Waals surface area contributed by atoms with E-state index in [1.165, 1.54) is 5.57 Å². The second-order valence-corrected chi connectivity index (χ2v) is 5.12. The molecule has 0 bridgehead atoms. The normalized spacial score (nSPS) is 35.1. The molecule has 0 aromatic heterocycles. The molecule has 0 spiro atoms. The average molecular weight is 222 g/mol. The fourth-order valence-electron chi connectivity index (χ4n) is 1.68. The molecule has 1 rings (SSSR count). The molecule has 0 radical (unpaired) electrons. The molecule has 0 aromatic rings. The van der Waals surface area contributed by atoms with Crippen molar-refractivity contribution in [2.24, 2.45) is 5.41 Å². The fourth-order valence-corrected chi connectivity index (χ4v) is 1.68. The Kier molecular flexibility index (Phi) is 4.36. The zero-order chi connectivity index (χ0) is 12.2. The van der Waals surface area contributed by atoms with Gasteiger partial charge in [-0.15, -0.1) is 0 Å². The summed E-state index contributed by atoms with van der Waals surface area (Å²) in [6.45, 7) is 6.02. The van der Waals surface area contributed by atoms with Crippen LogP contribution in [0.15, 0.2) is 35.6 Å². The van der Waals surface area contributed by atoms with Crippen LogP contribution in [0.5, 0.6) is 0 Å². The van der Waals surface area contributed by atoms with Gasteiger partial charge in [0.15, 0.2) is 0 Å². The first kappa shape index (κ1) is 13.0. The number of aliphatic hydroxyl groups excluding tert-OH is 2. The van der Waals surface area contributed by atoms with Gasteiger partial charge in [-0.1, -0.05) is 37.6 Å². The molecular weight excluding hydrogens is 200 g/mol. The molecule has 1 atom stereocenters. The van der Waals surface area contributed by atoms with Gasteiger partial charge in [-0.3, -0.25) is 0 Å². The van der Waals surface area contributed by atoms with Gasteiger partial charge in [0.2, 0.25) is 0 Å². The standard InChI is InChI=1S/C14H22O2/c1-11-6-4-8-12(15)10-13(16)14(2,3)9-5-7-11/h5-6,9-10,13,15-16H,4,7-8H2,1-3H3/b9-5-,11-6+,12-10+/t13-/m1/s1. The summed E-state index contributed by atoms with van der Waals surface area (Å²) >= 11 is 0. The highest BCUT2D eigenvalue weighted by Crippen LogP contribution is 2.26. The van der Waals surface area contributed by atoms with Gasteiger partial charge in [0.25, 0.3) is 0 Å². The molecule has 0 unspecified atom stereocenters. The Hall–Kier alpha value is -1.02. The highest BCUT2D eigenvalue weighted by atomic mass is 16.3. The van der Waals surface area contributed by atoms with Crippen molar-refractivity contribution in [3.05, 3.63) is 35.6 Å². The van der Waals surface area contributed by atoms with Gasteiger partial charge in [-0.25, -0.2) is 0 Å². The van der Waals surface area contributed by atoms with Crippen LogP contribution in [0, 0.1) is 5.41 Å². The number of rotatable bonds is 0. The third-order valence-electron chi connectivity index (χ3n) is 2.99. The van der Waals surface area contributed by atoms with Crippen LogP contribution < -0.4 is 0 Å². The summed E-state index contributed by atoms with van der Waals surface area (Å²) in [6, 6.07) is 0. The van der Waals surface area contributed by atoms with Crippen molar-refractivity contribution in [2.45, 2.75) is 46.1 Å². The van der Waals surface area contributed by atoms with Gasteiger partial charge in [-0.2, -0.15) is 0 Å². The van der Waals surface area contributed by atoms with Crippen LogP contribution >= 0.6 is 0 Å². The SMILES string of the molecule is C/C1=C\CC/C(O)=C\[C@@H](O)C(C)(C)/C=C\C1. The highest BCUT2D eigenvalue weighted by Gasteiger charge is 2.23.